The van der Waals surface area contributed by atoms with Crippen molar-refractivity contribution in [3.63, 3.8) is 0 Å². The molecule has 2 aromatic rings. The first kappa shape index (κ1) is 19.3. The number of ether oxygens (including phenoxy) is 1. The molecule has 0 radical (unpaired) electrons. The first-order valence-electron chi connectivity index (χ1n) is 9.32. The van der Waals surface area contributed by atoms with Crippen molar-refractivity contribution in [3.05, 3.63) is 59.7 Å². The van der Waals surface area contributed by atoms with Gasteiger partial charge in [-0.1, -0.05) is 38.1 Å². The summed E-state index contributed by atoms with van der Waals surface area (Å²) < 4.78 is 5.20. The topological polar surface area (TPSA) is 24.5 Å². The van der Waals surface area contributed by atoms with Crippen LogP contribution in [0.25, 0.3) is 0 Å². The van der Waals surface area contributed by atoms with Crippen LogP contribution in [-0.4, -0.2) is 27.2 Å². The van der Waals surface area contributed by atoms with E-state index in [2.05, 4.69) is 67.5 Å². The monoisotopic (exact) mass is 340 g/mol. The molecule has 0 aliphatic heterocycles. The summed E-state index contributed by atoms with van der Waals surface area (Å²) in [6, 6.07) is 17.3. The maximum absolute atomic E-state index is 5.20. The lowest BCUT2D eigenvalue weighted by Gasteiger charge is -2.21. The molecule has 1 atom stereocenters. The van der Waals surface area contributed by atoms with Gasteiger partial charge in [0.1, 0.15) is 5.75 Å². The number of nitrogens with zero attached hydrogens (tertiary/aromatic N) is 1. The summed E-state index contributed by atoms with van der Waals surface area (Å²) in [7, 11) is 3.86. The van der Waals surface area contributed by atoms with Crippen LogP contribution in [0.15, 0.2) is 48.5 Å². The van der Waals surface area contributed by atoms with E-state index in [0.29, 0.717) is 5.92 Å². The highest BCUT2D eigenvalue weighted by atomic mass is 16.5. The smallest absolute Gasteiger partial charge is 0.118 e. The lowest BCUT2D eigenvalue weighted by atomic mass is 9.96. The van der Waals surface area contributed by atoms with Crippen molar-refractivity contribution in [2.24, 2.45) is 0 Å². The normalized spacial score (nSPS) is 12.0. The maximum atomic E-state index is 5.20. The van der Waals surface area contributed by atoms with Crippen LogP contribution in [0.4, 0.5) is 5.69 Å². The van der Waals surface area contributed by atoms with Gasteiger partial charge in [0.15, 0.2) is 0 Å². The minimum atomic E-state index is 0.545. The standard InChI is InChI=1S/C22H32N2O/c1-5-15-24(3)21-11-9-20(10-12-21)19(6-2)17-23-16-18-7-13-22(25-4)14-8-18/h7-14,19,23H,5-6,15-17H2,1-4H3. The van der Waals surface area contributed by atoms with Gasteiger partial charge in [-0.2, -0.15) is 0 Å². The zero-order valence-corrected chi connectivity index (χ0v) is 16.1. The summed E-state index contributed by atoms with van der Waals surface area (Å²) in [4.78, 5) is 2.31. The predicted molar refractivity (Wildman–Crippen MR) is 108 cm³/mol. The largest absolute Gasteiger partial charge is 0.497 e. The van der Waals surface area contributed by atoms with Crippen molar-refractivity contribution >= 4 is 5.69 Å². The summed E-state index contributed by atoms with van der Waals surface area (Å²) in [6.07, 6.45) is 2.31. The van der Waals surface area contributed by atoms with Crippen molar-refractivity contribution in [1.29, 1.82) is 0 Å². The Kier molecular flexibility index (Phi) is 7.80. The molecular formula is C22H32N2O. The maximum Gasteiger partial charge on any atom is 0.118 e. The molecule has 0 saturated carbocycles. The zero-order chi connectivity index (χ0) is 18.1. The lowest BCUT2D eigenvalue weighted by Crippen LogP contribution is -2.21. The van der Waals surface area contributed by atoms with E-state index in [-0.39, 0.29) is 0 Å². The lowest BCUT2D eigenvalue weighted by molar-refractivity contribution is 0.414. The molecule has 1 N–H and O–H groups in total. The Morgan fingerprint density at radius 1 is 1.00 bits per heavy atom. The number of nitrogens with one attached hydrogen (secondary N) is 1. The minimum absolute atomic E-state index is 0.545. The molecule has 0 saturated heterocycles. The van der Waals surface area contributed by atoms with Crippen LogP contribution in [-0.2, 0) is 6.54 Å². The average molecular weight is 341 g/mol. The van der Waals surface area contributed by atoms with Gasteiger partial charge >= 0.3 is 0 Å². The number of hydrogen-bond acceptors (Lipinski definition) is 3. The third-order valence-corrected chi connectivity index (χ3v) is 4.74. The Labute approximate surface area is 153 Å². The molecule has 0 heterocycles. The molecule has 0 aromatic heterocycles. The fourth-order valence-electron chi connectivity index (χ4n) is 3.10. The zero-order valence-electron chi connectivity index (χ0n) is 16.1. The van der Waals surface area contributed by atoms with E-state index in [1.54, 1.807) is 7.11 Å². The number of methoxy groups -OCH3 is 1. The van der Waals surface area contributed by atoms with Crippen LogP contribution in [0.2, 0.25) is 0 Å². The molecule has 2 rings (SSSR count). The van der Waals surface area contributed by atoms with E-state index < -0.39 is 0 Å². The molecule has 3 heteroatoms. The molecule has 0 fully saturated rings. The van der Waals surface area contributed by atoms with Gasteiger partial charge in [0.25, 0.3) is 0 Å². The Morgan fingerprint density at radius 2 is 1.68 bits per heavy atom. The minimum Gasteiger partial charge on any atom is -0.497 e. The van der Waals surface area contributed by atoms with Crippen LogP contribution < -0.4 is 15.0 Å². The van der Waals surface area contributed by atoms with Gasteiger partial charge in [0, 0.05) is 32.4 Å². The summed E-state index contributed by atoms with van der Waals surface area (Å²) in [5.41, 5.74) is 4.00. The highest BCUT2D eigenvalue weighted by Gasteiger charge is 2.10. The van der Waals surface area contributed by atoms with Gasteiger partial charge in [-0.25, -0.2) is 0 Å². The van der Waals surface area contributed by atoms with Gasteiger partial charge in [-0.15, -0.1) is 0 Å². The van der Waals surface area contributed by atoms with E-state index >= 15 is 0 Å². The Hall–Kier alpha value is -2.00. The van der Waals surface area contributed by atoms with E-state index in [0.717, 1.165) is 31.8 Å². The van der Waals surface area contributed by atoms with Crippen molar-refractivity contribution < 1.29 is 4.74 Å². The first-order valence-corrected chi connectivity index (χ1v) is 9.32. The molecule has 0 amide bonds. The number of benzene rings is 2. The molecule has 2 aromatic carbocycles. The van der Waals surface area contributed by atoms with Crippen molar-refractivity contribution in [1.82, 2.24) is 5.32 Å². The highest BCUT2D eigenvalue weighted by Crippen LogP contribution is 2.22. The van der Waals surface area contributed by atoms with Crippen LogP contribution >= 0.6 is 0 Å². The molecule has 3 nitrogen and oxygen atoms in total. The second kappa shape index (κ2) is 10.1. The van der Waals surface area contributed by atoms with Gasteiger partial charge in [0.05, 0.1) is 7.11 Å². The fraction of sp³-hybridized carbons (Fsp3) is 0.455. The van der Waals surface area contributed by atoms with Crippen LogP contribution in [0.1, 0.15) is 43.7 Å². The molecule has 136 valence electrons. The first-order chi connectivity index (χ1) is 12.2. The van der Waals surface area contributed by atoms with E-state index in [1.807, 2.05) is 12.1 Å². The number of rotatable bonds is 10. The summed E-state index contributed by atoms with van der Waals surface area (Å²) in [5.74, 6) is 1.45. The Morgan fingerprint density at radius 3 is 2.24 bits per heavy atom. The second-order valence-corrected chi connectivity index (χ2v) is 6.60. The van der Waals surface area contributed by atoms with Crippen molar-refractivity contribution in [2.75, 3.05) is 32.1 Å². The molecule has 0 aliphatic carbocycles. The van der Waals surface area contributed by atoms with Gasteiger partial charge in [0.2, 0.25) is 0 Å². The summed E-state index contributed by atoms with van der Waals surface area (Å²) in [5, 5.41) is 3.60. The fourth-order valence-corrected chi connectivity index (χ4v) is 3.10. The van der Waals surface area contributed by atoms with Crippen LogP contribution in [0, 0.1) is 0 Å². The molecule has 0 spiro atoms. The van der Waals surface area contributed by atoms with E-state index in [9.17, 15) is 0 Å². The summed E-state index contributed by atoms with van der Waals surface area (Å²) in [6.45, 7) is 7.45. The van der Waals surface area contributed by atoms with Gasteiger partial charge < -0.3 is 15.0 Å². The third kappa shape index (κ3) is 5.79. The van der Waals surface area contributed by atoms with Gasteiger partial charge in [-0.3, -0.25) is 0 Å². The molecule has 0 bridgehead atoms. The molecule has 25 heavy (non-hydrogen) atoms. The highest BCUT2D eigenvalue weighted by molar-refractivity contribution is 5.47. The van der Waals surface area contributed by atoms with Crippen molar-refractivity contribution in [2.45, 2.75) is 39.2 Å². The van der Waals surface area contributed by atoms with Crippen LogP contribution in [0.5, 0.6) is 5.75 Å². The van der Waals surface area contributed by atoms with Crippen molar-refractivity contribution in [3.8, 4) is 5.75 Å². The Balaban J connectivity index is 1.88. The number of anilines is 1. The third-order valence-electron chi connectivity index (χ3n) is 4.74. The van der Waals surface area contributed by atoms with Gasteiger partial charge in [-0.05, 0) is 54.2 Å². The molecular weight excluding hydrogens is 308 g/mol. The predicted octanol–water partition coefficient (Wildman–Crippen LogP) is 4.82. The molecule has 1 unspecified atom stereocenters. The summed E-state index contributed by atoms with van der Waals surface area (Å²) >= 11 is 0. The quantitative estimate of drug-likeness (QED) is 0.671. The van der Waals surface area contributed by atoms with E-state index in [4.69, 9.17) is 4.74 Å². The number of hydrogen-bond donors (Lipinski definition) is 1. The SMILES string of the molecule is CCCN(C)c1ccc(C(CC)CNCc2ccc(OC)cc2)cc1. The van der Waals surface area contributed by atoms with Crippen LogP contribution in [0.3, 0.4) is 0 Å². The molecule has 0 aliphatic rings. The Bertz CT molecular complexity index is 607. The van der Waals surface area contributed by atoms with E-state index in [1.165, 1.54) is 23.2 Å². The second-order valence-electron chi connectivity index (χ2n) is 6.60. The average Bonchev–Trinajstić information content (AvgIpc) is 2.66.